The van der Waals surface area contributed by atoms with Gasteiger partial charge in [-0.25, -0.2) is 8.78 Å². The van der Waals surface area contributed by atoms with E-state index in [2.05, 4.69) is 9.68 Å². The summed E-state index contributed by atoms with van der Waals surface area (Å²) >= 11 is 5.54. The average Bonchev–Trinajstić information content (AvgIpc) is 2.69. The fourth-order valence-corrected chi connectivity index (χ4v) is 1.60. The SMILES string of the molecule is COc1c(F)cc(Cl)c(F)c1-c1cc(N)on1. The largest absolute Gasteiger partial charge is 0.493 e. The van der Waals surface area contributed by atoms with Gasteiger partial charge in [0.25, 0.3) is 0 Å². The van der Waals surface area contributed by atoms with Crippen LogP contribution in [0.25, 0.3) is 11.3 Å². The van der Waals surface area contributed by atoms with Crippen molar-refractivity contribution in [3.05, 3.63) is 28.8 Å². The van der Waals surface area contributed by atoms with Crippen LogP contribution in [0.4, 0.5) is 14.7 Å². The van der Waals surface area contributed by atoms with Crippen LogP contribution in [0.3, 0.4) is 0 Å². The van der Waals surface area contributed by atoms with Gasteiger partial charge in [0.05, 0.1) is 17.7 Å². The number of ether oxygens (including phenoxy) is 1. The first-order valence-corrected chi connectivity index (χ1v) is 4.86. The minimum Gasteiger partial charge on any atom is -0.493 e. The molecule has 7 heteroatoms. The third-order valence-corrected chi connectivity index (χ3v) is 2.39. The van der Waals surface area contributed by atoms with E-state index in [0.717, 1.165) is 6.07 Å². The highest BCUT2D eigenvalue weighted by Gasteiger charge is 2.22. The molecule has 0 amide bonds. The Kier molecular flexibility index (Phi) is 2.89. The number of nitrogens with zero attached hydrogens (tertiary/aromatic N) is 1. The summed E-state index contributed by atoms with van der Waals surface area (Å²) in [4.78, 5) is 0. The van der Waals surface area contributed by atoms with Gasteiger partial charge in [0.1, 0.15) is 5.69 Å². The summed E-state index contributed by atoms with van der Waals surface area (Å²) < 4.78 is 36.7. The van der Waals surface area contributed by atoms with E-state index in [4.69, 9.17) is 22.1 Å². The number of hydrogen-bond donors (Lipinski definition) is 1. The quantitative estimate of drug-likeness (QED) is 0.844. The number of hydrogen-bond acceptors (Lipinski definition) is 4. The number of nitrogens with two attached hydrogens (primary N) is 1. The number of aromatic nitrogens is 1. The van der Waals surface area contributed by atoms with Crippen LogP contribution in [0.2, 0.25) is 5.02 Å². The first-order chi connectivity index (χ1) is 8.04. The summed E-state index contributed by atoms with van der Waals surface area (Å²) in [6, 6.07) is 2.07. The molecule has 0 saturated carbocycles. The minimum absolute atomic E-state index is 0.0123. The molecule has 2 N–H and O–H groups in total. The van der Waals surface area contributed by atoms with Crippen molar-refractivity contribution in [3.8, 4) is 17.0 Å². The number of benzene rings is 1. The maximum atomic E-state index is 13.8. The van der Waals surface area contributed by atoms with E-state index in [-0.39, 0.29) is 27.9 Å². The molecule has 0 spiro atoms. The lowest BCUT2D eigenvalue weighted by molar-refractivity contribution is 0.383. The zero-order chi connectivity index (χ0) is 12.6. The molecule has 0 bridgehead atoms. The summed E-state index contributed by atoms with van der Waals surface area (Å²) in [5.41, 5.74) is 5.10. The molecular formula is C10H7ClF2N2O2. The lowest BCUT2D eigenvalue weighted by atomic mass is 10.1. The van der Waals surface area contributed by atoms with Gasteiger partial charge in [-0.05, 0) is 6.07 Å². The Morgan fingerprint density at radius 1 is 1.41 bits per heavy atom. The fraction of sp³-hybridized carbons (Fsp3) is 0.100. The zero-order valence-corrected chi connectivity index (χ0v) is 9.39. The van der Waals surface area contributed by atoms with Gasteiger partial charge in [-0.3, -0.25) is 0 Å². The lowest BCUT2D eigenvalue weighted by Gasteiger charge is -2.09. The molecule has 0 aliphatic rings. The summed E-state index contributed by atoms with van der Waals surface area (Å²) in [6.07, 6.45) is 0. The predicted octanol–water partition coefficient (Wildman–Crippen LogP) is 2.86. The smallest absolute Gasteiger partial charge is 0.222 e. The van der Waals surface area contributed by atoms with Crippen molar-refractivity contribution < 1.29 is 18.0 Å². The molecule has 4 nitrogen and oxygen atoms in total. The molecule has 0 aliphatic heterocycles. The molecule has 0 atom stereocenters. The molecule has 0 radical (unpaired) electrons. The van der Waals surface area contributed by atoms with Crippen LogP contribution in [0.15, 0.2) is 16.7 Å². The molecular weight excluding hydrogens is 254 g/mol. The number of methoxy groups -OCH3 is 1. The van der Waals surface area contributed by atoms with Crippen molar-refractivity contribution in [2.75, 3.05) is 12.8 Å². The van der Waals surface area contributed by atoms with Gasteiger partial charge >= 0.3 is 0 Å². The van der Waals surface area contributed by atoms with Crippen LogP contribution >= 0.6 is 11.6 Å². The van der Waals surface area contributed by atoms with Crippen LogP contribution in [-0.2, 0) is 0 Å². The molecule has 17 heavy (non-hydrogen) atoms. The van der Waals surface area contributed by atoms with Crippen molar-refractivity contribution in [1.82, 2.24) is 5.16 Å². The molecule has 2 rings (SSSR count). The topological polar surface area (TPSA) is 61.3 Å². The molecule has 0 aliphatic carbocycles. The van der Waals surface area contributed by atoms with Crippen LogP contribution in [0, 0.1) is 11.6 Å². The van der Waals surface area contributed by atoms with Crippen molar-refractivity contribution in [3.63, 3.8) is 0 Å². The molecule has 0 fully saturated rings. The standard InChI is InChI=1S/C10H7ClF2N2O2/c1-16-10-5(12)2-4(11)9(13)8(10)6-3-7(14)17-15-6/h2-3H,14H2,1H3. The maximum absolute atomic E-state index is 13.8. The number of anilines is 1. The Balaban J connectivity index is 2.74. The third-order valence-electron chi connectivity index (χ3n) is 2.12. The Morgan fingerprint density at radius 3 is 2.65 bits per heavy atom. The van der Waals surface area contributed by atoms with Crippen LogP contribution < -0.4 is 10.5 Å². The van der Waals surface area contributed by atoms with Gasteiger partial charge in [0.2, 0.25) is 5.88 Å². The van der Waals surface area contributed by atoms with E-state index in [9.17, 15) is 8.78 Å². The monoisotopic (exact) mass is 260 g/mol. The summed E-state index contributed by atoms with van der Waals surface area (Å²) in [6.45, 7) is 0. The first kappa shape index (κ1) is 11.7. The van der Waals surface area contributed by atoms with Gasteiger partial charge in [0.15, 0.2) is 17.4 Å². The van der Waals surface area contributed by atoms with Crippen molar-refractivity contribution in [1.29, 1.82) is 0 Å². The summed E-state index contributed by atoms with van der Waals surface area (Å²) in [5, 5.41) is 3.12. The Labute approximate surface area is 99.9 Å². The summed E-state index contributed by atoms with van der Waals surface area (Å²) in [5.74, 6) is -1.98. The number of nitrogen functional groups attached to an aromatic ring is 1. The van der Waals surface area contributed by atoms with E-state index < -0.39 is 11.6 Å². The van der Waals surface area contributed by atoms with Crippen LogP contribution in [0.5, 0.6) is 5.75 Å². The molecule has 1 heterocycles. The van der Waals surface area contributed by atoms with Crippen LogP contribution in [0.1, 0.15) is 0 Å². The molecule has 1 aromatic carbocycles. The second kappa shape index (κ2) is 4.21. The highest BCUT2D eigenvalue weighted by Crippen LogP contribution is 2.38. The molecule has 2 aromatic rings. The van der Waals surface area contributed by atoms with Crippen molar-refractivity contribution in [2.24, 2.45) is 0 Å². The third kappa shape index (κ3) is 1.91. The fourth-order valence-electron chi connectivity index (χ4n) is 1.41. The van der Waals surface area contributed by atoms with E-state index >= 15 is 0 Å². The second-order valence-corrected chi connectivity index (χ2v) is 3.58. The normalized spacial score (nSPS) is 10.6. The van der Waals surface area contributed by atoms with E-state index in [0.29, 0.717) is 0 Å². The van der Waals surface area contributed by atoms with Crippen molar-refractivity contribution >= 4 is 17.5 Å². The summed E-state index contributed by atoms with van der Waals surface area (Å²) in [7, 11) is 1.21. The van der Waals surface area contributed by atoms with E-state index in [1.54, 1.807) is 0 Å². The Morgan fingerprint density at radius 2 is 2.12 bits per heavy atom. The highest BCUT2D eigenvalue weighted by atomic mass is 35.5. The maximum Gasteiger partial charge on any atom is 0.222 e. The number of halogens is 3. The zero-order valence-electron chi connectivity index (χ0n) is 8.63. The Bertz CT molecular complexity index is 572. The van der Waals surface area contributed by atoms with E-state index in [1.165, 1.54) is 13.2 Å². The van der Waals surface area contributed by atoms with Gasteiger partial charge in [-0.1, -0.05) is 16.8 Å². The lowest BCUT2D eigenvalue weighted by Crippen LogP contribution is -1.96. The van der Waals surface area contributed by atoms with Gasteiger partial charge in [0, 0.05) is 6.07 Å². The molecule has 90 valence electrons. The van der Waals surface area contributed by atoms with Gasteiger partial charge in [-0.2, -0.15) is 0 Å². The average molecular weight is 261 g/mol. The van der Waals surface area contributed by atoms with Gasteiger partial charge < -0.3 is 15.0 Å². The highest BCUT2D eigenvalue weighted by molar-refractivity contribution is 6.31. The molecule has 0 saturated heterocycles. The van der Waals surface area contributed by atoms with Crippen molar-refractivity contribution in [2.45, 2.75) is 0 Å². The first-order valence-electron chi connectivity index (χ1n) is 4.48. The molecule has 0 unspecified atom stereocenters. The van der Waals surface area contributed by atoms with E-state index in [1.807, 2.05) is 0 Å². The number of rotatable bonds is 2. The predicted molar refractivity (Wildman–Crippen MR) is 57.8 cm³/mol. The molecule has 1 aromatic heterocycles. The minimum atomic E-state index is -0.849. The van der Waals surface area contributed by atoms with Gasteiger partial charge in [-0.15, -0.1) is 0 Å². The second-order valence-electron chi connectivity index (χ2n) is 3.18. The van der Waals surface area contributed by atoms with Crippen LogP contribution in [-0.4, -0.2) is 12.3 Å². The Hall–Kier alpha value is -1.82.